The lowest BCUT2D eigenvalue weighted by molar-refractivity contribution is -0.384. The molecule has 0 unspecified atom stereocenters. The third-order valence-electron chi connectivity index (χ3n) is 3.99. The van der Waals surface area contributed by atoms with Crippen molar-refractivity contribution >= 4 is 35.2 Å². The van der Waals surface area contributed by atoms with Crippen molar-refractivity contribution in [3.63, 3.8) is 0 Å². The summed E-state index contributed by atoms with van der Waals surface area (Å²) in [6.45, 7) is 0.297. The van der Waals surface area contributed by atoms with Crippen LogP contribution in [-0.2, 0) is 9.53 Å². The zero-order valence-corrected chi connectivity index (χ0v) is 14.5. The Morgan fingerprint density at radius 2 is 2.04 bits per heavy atom. The van der Waals surface area contributed by atoms with Gasteiger partial charge in [0, 0.05) is 17.2 Å². The predicted octanol–water partition coefficient (Wildman–Crippen LogP) is 3.91. The zero-order valence-electron chi connectivity index (χ0n) is 13.7. The second-order valence-electron chi connectivity index (χ2n) is 5.81. The van der Waals surface area contributed by atoms with E-state index in [4.69, 9.17) is 21.1 Å². The largest absolute Gasteiger partial charge is 0.488 e. The summed E-state index contributed by atoms with van der Waals surface area (Å²) in [4.78, 5) is 26.7. The molecule has 27 heavy (non-hydrogen) atoms. The van der Waals surface area contributed by atoms with Crippen LogP contribution >= 0.6 is 11.6 Å². The number of rotatable bonds is 3. The Morgan fingerprint density at radius 1 is 1.22 bits per heavy atom. The van der Waals surface area contributed by atoms with E-state index in [0.717, 1.165) is 16.9 Å². The molecule has 0 atom stereocenters. The summed E-state index contributed by atoms with van der Waals surface area (Å²) in [5, 5.41) is 11.0. The number of hydrogen-bond acceptors (Lipinski definition) is 6. The first-order valence-electron chi connectivity index (χ1n) is 7.90. The molecule has 0 N–H and O–H groups in total. The smallest absolute Gasteiger partial charge is 0.363 e. The molecule has 2 aliphatic heterocycles. The number of esters is 1. The molecule has 8 heteroatoms. The van der Waals surface area contributed by atoms with E-state index in [1.807, 2.05) is 30.3 Å². The Kier molecular flexibility index (Phi) is 4.21. The van der Waals surface area contributed by atoms with Gasteiger partial charge in [0.25, 0.3) is 5.69 Å². The van der Waals surface area contributed by atoms with Crippen molar-refractivity contribution < 1.29 is 19.2 Å². The summed E-state index contributed by atoms with van der Waals surface area (Å²) in [7, 11) is 0. The van der Waals surface area contributed by atoms with Crippen molar-refractivity contribution in [3.8, 4) is 5.75 Å². The number of hydrogen-bond donors (Lipinski definition) is 0. The van der Waals surface area contributed by atoms with Gasteiger partial charge in [0.05, 0.1) is 4.92 Å². The third-order valence-corrected chi connectivity index (χ3v) is 4.31. The average molecular weight is 383 g/mol. The maximum absolute atomic E-state index is 12.1. The molecule has 2 aromatic rings. The highest BCUT2D eigenvalue weighted by Crippen LogP contribution is 2.29. The van der Waals surface area contributed by atoms with Crippen molar-refractivity contribution in [2.24, 2.45) is 4.99 Å². The fourth-order valence-electron chi connectivity index (χ4n) is 2.71. The number of benzene rings is 2. The number of fused-ring (bicyclic) bond motifs is 1. The standard InChI is InChI=1S/C19H11ClN2O5/c20-14-6-5-13(9-16(14)22(24)25)18-21-15(19(23)27-18)8-11-7-12-3-1-2-4-17(12)26-10-11/h1-9H,10H2. The minimum atomic E-state index is -0.637. The number of halogens is 1. The number of cyclic esters (lactones) is 1. The maximum atomic E-state index is 12.1. The summed E-state index contributed by atoms with van der Waals surface area (Å²) >= 11 is 5.80. The Hall–Kier alpha value is -3.45. The van der Waals surface area contributed by atoms with Crippen LogP contribution in [0.15, 0.2) is 64.8 Å². The molecular weight excluding hydrogens is 372 g/mol. The summed E-state index contributed by atoms with van der Waals surface area (Å²) in [6.07, 6.45) is 3.48. The lowest BCUT2D eigenvalue weighted by Crippen LogP contribution is -2.08. The van der Waals surface area contributed by atoms with Gasteiger partial charge in [-0.25, -0.2) is 9.79 Å². The molecule has 7 nitrogen and oxygen atoms in total. The Balaban J connectivity index is 1.66. The monoisotopic (exact) mass is 382 g/mol. The molecule has 4 rings (SSSR count). The topological polar surface area (TPSA) is 91.0 Å². The average Bonchev–Trinajstić information content (AvgIpc) is 3.02. The number of aliphatic imine (C=N–C) groups is 1. The lowest BCUT2D eigenvalue weighted by atomic mass is 10.1. The summed E-state index contributed by atoms with van der Waals surface area (Å²) in [5.41, 5.74) is 1.76. The minimum Gasteiger partial charge on any atom is -0.488 e. The highest BCUT2D eigenvalue weighted by atomic mass is 35.5. The van der Waals surface area contributed by atoms with Crippen LogP contribution < -0.4 is 4.74 Å². The van der Waals surface area contributed by atoms with Crippen LogP contribution in [0.5, 0.6) is 5.75 Å². The highest BCUT2D eigenvalue weighted by molar-refractivity contribution is 6.32. The Morgan fingerprint density at radius 3 is 2.85 bits per heavy atom. The van der Waals surface area contributed by atoms with Gasteiger partial charge >= 0.3 is 5.97 Å². The summed E-state index contributed by atoms with van der Waals surface area (Å²) < 4.78 is 10.8. The second-order valence-corrected chi connectivity index (χ2v) is 6.21. The molecule has 0 amide bonds. The second kappa shape index (κ2) is 6.69. The van der Waals surface area contributed by atoms with Gasteiger partial charge < -0.3 is 9.47 Å². The molecule has 2 heterocycles. The van der Waals surface area contributed by atoms with Gasteiger partial charge in [0.15, 0.2) is 5.70 Å². The number of carbonyl (C=O) groups excluding carboxylic acids is 1. The molecule has 0 bridgehead atoms. The van der Waals surface area contributed by atoms with Crippen LogP contribution in [0.1, 0.15) is 11.1 Å². The fraction of sp³-hybridized carbons (Fsp3) is 0.0526. The van der Waals surface area contributed by atoms with E-state index in [-0.39, 0.29) is 22.3 Å². The van der Waals surface area contributed by atoms with Crippen molar-refractivity contribution in [2.75, 3.05) is 6.61 Å². The molecule has 0 radical (unpaired) electrons. The van der Waals surface area contributed by atoms with E-state index in [0.29, 0.717) is 12.2 Å². The van der Waals surface area contributed by atoms with E-state index < -0.39 is 10.9 Å². The zero-order chi connectivity index (χ0) is 19.0. The van der Waals surface area contributed by atoms with Crippen molar-refractivity contribution in [3.05, 3.63) is 86.1 Å². The van der Waals surface area contributed by atoms with Crippen molar-refractivity contribution in [2.45, 2.75) is 0 Å². The molecule has 0 saturated carbocycles. The van der Waals surface area contributed by atoms with Crippen LogP contribution in [0.4, 0.5) is 5.69 Å². The predicted molar refractivity (Wildman–Crippen MR) is 98.7 cm³/mol. The van der Waals surface area contributed by atoms with Crippen LogP contribution in [0.3, 0.4) is 0 Å². The Labute approximate surface area is 158 Å². The third kappa shape index (κ3) is 3.32. The molecule has 134 valence electrons. The molecule has 2 aromatic carbocycles. The van der Waals surface area contributed by atoms with Crippen molar-refractivity contribution in [1.82, 2.24) is 0 Å². The number of nitro benzene ring substituents is 1. The molecule has 0 saturated heterocycles. The van der Waals surface area contributed by atoms with Crippen LogP contribution in [0.2, 0.25) is 5.02 Å². The number of ether oxygens (including phenoxy) is 2. The van der Waals surface area contributed by atoms with Gasteiger partial charge in [0.1, 0.15) is 17.4 Å². The van der Waals surface area contributed by atoms with E-state index >= 15 is 0 Å². The molecular formula is C19H11ClN2O5. The Bertz CT molecular complexity index is 1070. The molecule has 0 fully saturated rings. The first kappa shape index (κ1) is 17.0. The van der Waals surface area contributed by atoms with Gasteiger partial charge in [-0.3, -0.25) is 10.1 Å². The van der Waals surface area contributed by atoms with Gasteiger partial charge in [-0.2, -0.15) is 0 Å². The normalized spacial score (nSPS) is 16.9. The fourth-order valence-corrected chi connectivity index (χ4v) is 2.90. The molecule has 0 aliphatic carbocycles. The quantitative estimate of drug-likeness (QED) is 0.347. The lowest BCUT2D eigenvalue weighted by Gasteiger charge is -2.15. The van der Waals surface area contributed by atoms with E-state index in [9.17, 15) is 14.9 Å². The van der Waals surface area contributed by atoms with Crippen molar-refractivity contribution in [1.29, 1.82) is 0 Å². The number of nitro groups is 1. The van der Waals surface area contributed by atoms with Gasteiger partial charge in [0.2, 0.25) is 5.90 Å². The van der Waals surface area contributed by atoms with E-state index in [1.165, 1.54) is 18.2 Å². The maximum Gasteiger partial charge on any atom is 0.363 e. The van der Waals surface area contributed by atoms with Gasteiger partial charge in [-0.05, 0) is 35.9 Å². The van der Waals surface area contributed by atoms with E-state index in [1.54, 1.807) is 6.08 Å². The minimum absolute atomic E-state index is 0.00684. The molecule has 0 aromatic heterocycles. The van der Waals surface area contributed by atoms with E-state index in [2.05, 4.69) is 4.99 Å². The van der Waals surface area contributed by atoms with Gasteiger partial charge in [-0.1, -0.05) is 29.8 Å². The molecule has 0 spiro atoms. The SMILES string of the molecule is O=C1OC(c2ccc(Cl)c([N+](=O)[O-])c2)=NC1=CC1=Cc2ccccc2OC1. The number of carbonyl (C=O) groups is 1. The first-order chi connectivity index (χ1) is 13.0. The first-order valence-corrected chi connectivity index (χ1v) is 8.28. The number of nitrogens with zero attached hydrogens (tertiary/aromatic N) is 2. The summed E-state index contributed by atoms with van der Waals surface area (Å²) in [6, 6.07) is 11.6. The molecule has 2 aliphatic rings. The van der Waals surface area contributed by atoms with Crippen LogP contribution in [0.25, 0.3) is 6.08 Å². The van der Waals surface area contributed by atoms with Crippen LogP contribution in [-0.4, -0.2) is 23.4 Å². The van der Waals surface area contributed by atoms with Crippen LogP contribution in [0, 0.1) is 10.1 Å². The van der Waals surface area contributed by atoms with Gasteiger partial charge in [-0.15, -0.1) is 0 Å². The number of para-hydroxylation sites is 1. The summed E-state index contributed by atoms with van der Waals surface area (Å²) in [5.74, 6) is 0.123. The highest BCUT2D eigenvalue weighted by Gasteiger charge is 2.26.